The molecule has 0 atom stereocenters. The number of phenols is 1. The van der Waals surface area contributed by atoms with Gasteiger partial charge in [0.1, 0.15) is 5.75 Å². The quantitative estimate of drug-likeness (QED) is 0.790. The van der Waals surface area contributed by atoms with Gasteiger partial charge < -0.3 is 20.2 Å². The van der Waals surface area contributed by atoms with E-state index < -0.39 is 0 Å². The minimum atomic E-state index is 0.162. The van der Waals surface area contributed by atoms with E-state index in [1.54, 1.807) is 6.07 Å². The molecule has 5 nitrogen and oxygen atoms in total. The molecule has 1 aliphatic rings. The maximum atomic E-state index is 12.0. The zero-order valence-corrected chi connectivity index (χ0v) is 12.0. The van der Waals surface area contributed by atoms with E-state index in [2.05, 4.69) is 17.1 Å². The fraction of sp³-hybridized carbons (Fsp3) is 0.533. The second-order valence-electron chi connectivity index (χ2n) is 5.03. The van der Waals surface area contributed by atoms with Gasteiger partial charge in [0.2, 0.25) is 5.91 Å². The zero-order valence-electron chi connectivity index (χ0n) is 12.0. The summed E-state index contributed by atoms with van der Waals surface area (Å²) in [6, 6.07) is 7.34. The Morgan fingerprint density at radius 1 is 1.25 bits per heavy atom. The van der Waals surface area contributed by atoms with E-state index in [9.17, 15) is 9.90 Å². The molecule has 1 fully saturated rings. The highest BCUT2D eigenvalue weighted by atomic mass is 16.3. The number of nitrogens with zero attached hydrogens (tertiary/aromatic N) is 2. The largest absolute Gasteiger partial charge is 0.506 e. The lowest BCUT2D eigenvalue weighted by atomic mass is 10.2. The Kier molecular flexibility index (Phi) is 5.24. The highest BCUT2D eigenvalue weighted by molar-refractivity contribution is 5.78. The number of piperazine rings is 1. The molecule has 1 amide bonds. The van der Waals surface area contributed by atoms with E-state index in [0.29, 0.717) is 25.4 Å². The maximum Gasteiger partial charge on any atom is 0.236 e. The van der Waals surface area contributed by atoms with Crippen LogP contribution in [-0.2, 0) is 4.79 Å². The van der Waals surface area contributed by atoms with Crippen molar-refractivity contribution in [1.82, 2.24) is 10.2 Å². The van der Waals surface area contributed by atoms with Gasteiger partial charge in [-0.05, 0) is 25.1 Å². The first-order chi connectivity index (χ1) is 9.72. The summed E-state index contributed by atoms with van der Waals surface area (Å²) < 4.78 is 0. The first kappa shape index (κ1) is 14.7. The van der Waals surface area contributed by atoms with Crippen LogP contribution in [0.2, 0.25) is 0 Å². The smallest absolute Gasteiger partial charge is 0.236 e. The number of para-hydroxylation sites is 2. The average molecular weight is 277 g/mol. The Balaban J connectivity index is 1.83. The molecule has 1 aromatic carbocycles. The third-order valence-electron chi connectivity index (χ3n) is 3.56. The summed E-state index contributed by atoms with van der Waals surface area (Å²) in [6.45, 7) is 6.33. The molecular formula is C15H23N3O2. The van der Waals surface area contributed by atoms with Crippen LogP contribution >= 0.6 is 0 Å². The van der Waals surface area contributed by atoms with Crippen LogP contribution in [0.15, 0.2) is 24.3 Å². The van der Waals surface area contributed by atoms with Crippen LogP contribution in [-0.4, -0.2) is 55.2 Å². The number of carbonyl (C=O) groups is 1. The van der Waals surface area contributed by atoms with Crippen molar-refractivity contribution >= 4 is 11.6 Å². The summed E-state index contributed by atoms with van der Waals surface area (Å²) in [6.07, 6.45) is 1.04. The van der Waals surface area contributed by atoms with Gasteiger partial charge in [0.25, 0.3) is 0 Å². The molecule has 0 radical (unpaired) electrons. The first-order valence-corrected chi connectivity index (χ1v) is 7.23. The van der Waals surface area contributed by atoms with E-state index in [1.165, 1.54) is 0 Å². The number of hydrogen-bond donors (Lipinski definition) is 2. The van der Waals surface area contributed by atoms with Crippen LogP contribution in [0.5, 0.6) is 5.75 Å². The fourth-order valence-electron chi connectivity index (χ4n) is 2.41. The number of hydrogen-bond acceptors (Lipinski definition) is 4. The SMILES string of the molecule is CCCNCC(=O)N1CCN(c2ccccc2O)CC1. The van der Waals surface area contributed by atoms with Gasteiger partial charge in [-0.1, -0.05) is 19.1 Å². The predicted molar refractivity (Wildman–Crippen MR) is 80.1 cm³/mol. The van der Waals surface area contributed by atoms with Crippen LogP contribution in [0.3, 0.4) is 0 Å². The van der Waals surface area contributed by atoms with Crippen LogP contribution in [0, 0.1) is 0 Å². The number of nitrogens with one attached hydrogen (secondary N) is 1. The molecule has 1 aliphatic heterocycles. The number of aromatic hydroxyl groups is 1. The normalized spacial score (nSPS) is 15.4. The van der Waals surface area contributed by atoms with E-state index in [0.717, 1.165) is 31.7 Å². The molecule has 0 bridgehead atoms. The zero-order chi connectivity index (χ0) is 14.4. The van der Waals surface area contributed by atoms with Crippen LogP contribution < -0.4 is 10.2 Å². The molecule has 5 heteroatoms. The molecule has 0 aromatic heterocycles. The van der Waals surface area contributed by atoms with Crippen molar-refractivity contribution in [3.05, 3.63) is 24.3 Å². The first-order valence-electron chi connectivity index (χ1n) is 7.23. The van der Waals surface area contributed by atoms with Crippen molar-refractivity contribution in [2.24, 2.45) is 0 Å². The summed E-state index contributed by atoms with van der Waals surface area (Å²) in [5, 5.41) is 13.0. The third kappa shape index (κ3) is 3.63. The van der Waals surface area contributed by atoms with Gasteiger partial charge in [0, 0.05) is 26.2 Å². The molecule has 0 unspecified atom stereocenters. The highest BCUT2D eigenvalue weighted by Crippen LogP contribution is 2.27. The standard InChI is InChI=1S/C15H23N3O2/c1-2-7-16-12-15(20)18-10-8-17(9-11-18)13-5-3-4-6-14(13)19/h3-6,16,19H,2,7-12H2,1H3. The summed E-state index contributed by atoms with van der Waals surface area (Å²) in [7, 11) is 0. The van der Waals surface area contributed by atoms with Crippen molar-refractivity contribution in [2.45, 2.75) is 13.3 Å². The lowest BCUT2D eigenvalue weighted by molar-refractivity contribution is -0.130. The number of benzene rings is 1. The summed E-state index contributed by atoms with van der Waals surface area (Å²) in [5.41, 5.74) is 0.851. The molecule has 1 aromatic rings. The molecule has 2 N–H and O–H groups in total. The van der Waals surface area contributed by atoms with Crippen molar-refractivity contribution in [1.29, 1.82) is 0 Å². The third-order valence-corrected chi connectivity index (χ3v) is 3.56. The summed E-state index contributed by atoms with van der Waals surface area (Å²) >= 11 is 0. The second kappa shape index (κ2) is 7.14. The Morgan fingerprint density at radius 3 is 2.60 bits per heavy atom. The lowest BCUT2D eigenvalue weighted by Crippen LogP contribution is -2.50. The van der Waals surface area contributed by atoms with Crippen LogP contribution in [0.4, 0.5) is 5.69 Å². The Hall–Kier alpha value is -1.75. The van der Waals surface area contributed by atoms with Gasteiger partial charge in [0.05, 0.1) is 12.2 Å². The number of carbonyl (C=O) groups excluding carboxylic acids is 1. The van der Waals surface area contributed by atoms with E-state index in [4.69, 9.17) is 0 Å². The predicted octanol–water partition coefficient (Wildman–Crippen LogP) is 1.04. The molecule has 1 heterocycles. The number of phenolic OH excluding ortho intramolecular Hbond substituents is 1. The lowest BCUT2D eigenvalue weighted by Gasteiger charge is -2.36. The Morgan fingerprint density at radius 2 is 1.95 bits per heavy atom. The average Bonchev–Trinajstić information content (AvgIpc) is 2.48. The molecule has 110 valence electrons. The number of rotatable bonds is 5. The van der Waals surface area contributed by atoms with Gasteiger partial charge in [-0.2, -0.15) is 0 Å². The maximum absolute atomic E-state index is 12.0. The monoisotopic (exact) mass is 277 g/mol. The van der Waals surface area contributed by atoms with Crippen molar-refractivity contribution < 1.29 is 9.90 Å². The molecule has 0 aliphatic carbocycles. The van der Waals surface area contributed by atoms with Gasteiger partial charge in [-0.3, -0.25) is 4.79 Å². The number of anilines is 1. The Labute approximate surface area is 120 Å². The van der Waals surface area contributed by atoms with Gasteiger partial charge in [-0.25, -0.2) is 0 Å². The second-order valence-corrected chi connectivity index (χ2v) is 5.03. The molecule has 0 saturated carbocycles. The molecule has 20 heavy (non-hydrogen) atoms. The van der Waals surface area contributed by atoms with Crippen molar-refractivity contribution in [3.8, 4) is 5.75 Å². The minimum Gasteiger partial charge on any atom is -0.506 e. The van der Waals surface area contributed by atoms with Gasteiger partial charge in [-0.15, -0.1) is 0 Å². The molecule has 0 spiro atoms. The van der Waals surface area contributed by atoms with Crippen LogP contribution in [0.25, 0.3) is 0 Å². The highest BCUT2D eigenvalue weighted by Gasteiger charge is 2.21. The minimum absolute atomic E-state index is 0.162. The molecule has 1 saturated heterocycles. The van der Waals surface area contributed by atoms with Gasteiger partial charge >= 0.3 is 0 Å². The summed E-state index contributed by atoms with van der Waals surface area (Å²) in [4.78, 5) is 16.0. The fourth-order valence-corrected chi connectivity index (χ4v) is 2.41. The van der Waals surface area contributed by atoms with Crippen LogP contribution in [0.1, 0.15) is 13.3 Å². The molecular weight excluding hydrogens is 254 g/mol. The summed E-state index contributed by atoms with van der Waals surface area (Å²) in [5.74, 6) is 0.465. The number of amides is 1. The molecule has 2 rings (SSSR count). The Bertz CT molecular complexity index is 442. The van der Waals surface area contributed by atoms with E-state index in [1.807, 2.05) is 23.1 Å². The van der Waals surface area contributed by atoms with E-state index >= 15 is 0 Å². The van der Waals surface area contributed by atoms with Crippen molar-refractivity contribution in [3.63, 3.8) is 0 Å². The van der Waals surface area contributed by atoms with Gasteiger partial charge in [0.15, 0.2) is 0 Å². The van der Waals surface area contributed by atoms with E-state index in [-0.39, 0.29) is 5.91 Å². The van der Waals surface area contributed by atoms with Crippen molar-refractivity contribution in [2.75, 3.05) is 44.2 Å². The topological polar surface area (TPSA) is 55.8 Å².